The Hall–Kier alpha value is -0.120. The summed E-state index contributed by atoms with van der Waals surface area (Å²) < 4.78 is 0. The van der Waals surface area contributed by atoms with Gasteiger partial charge in [-0.05, 0) is 26.4 Å². The molecule has 0 aromatic rings. The van der Waals surface area contributed by atoms with Crippen LogP contribution < -0.4 is 5.32 Å². The first-order chi connectivity index (χ1) is 7.25. The molecule has 2 N–H and O–H groups in total. The molecule has 16 heavy (non-hydrogen) atoms. The Morgan fingerprint density at radius 2 is 1.94 bits per heavy atom. The van der Waals surface area contributed by atoms with Crippen molar-refractivity contribution in [3.8, 4) is 0 Å². The summed E-state index contributed by atoms with van der Waals surface area (Å²) in [6.45, 7) is 9.85. The molecule has 1 rings (SSSR count). The summed E-state index contributed by atoms with van der Waals surface area (Å²) in [5.74, 6) is 0.621. The summed E-state index contributed by atoms with van der Waals surface area (Å²) in [7, 11) is 4.22. The molecular weight excluding hydrogens is 200 g/mol. The molecule has 3 atom stereocenters. The maximum absolute atomic E-state index is 9.73. The Kier molecular flexibility index (Phi) is 4.38. The van der Waals surface area contributed by atoms with E-state index in [1.54, 1.807) is 0 Å². The lowest BCUT2D eigenvalue weighted by atomic mass is 9.64. The van der Waals surface area contributed by atoms with E-state index in [9.17, 15) is 5.11 Å². The second-order valence-corrected chi connectivity index (χ2v) is 6.40. The quantitative estimate of drug-likeness (QED) is 0.745. The van der Waals surface area contributed by atoms with Crippen molar-refractivity contribution in [3.63, 3.8) is 0 Å². The highest BCUT2D eigenvalue weighted by molar-refractivity contribution is 5.03. The van der Waals surface area contributed by atoms with Crippen molar-refractivity contribution in [2.45, 2.75) is 52.3 Å². The third-order valence-corrected chi connectivity index (χ3v) is 4.00. The van der Waals surface area contributed by atoms with Crippen molar-refractivity contribution in [3.05, 3.63) is 0 Å². The van der Waals surface area contributed by atoms with Crippen LogP contribution in [0.4, 0.5) is 0 Å². The van der Waals surface area contributed by atoms with Gasteiger partial charge in [-0.25, -0.2) is 0 Å². The first kappa shape index (κ1) is 13.9. The number of aliphatic hydroxyl groups excluding tert-OH is 1. The molecule has 1 aliphatic carbocycles. The van der Waals surface area contributed by atoms with Gasteiger partial charge in [-0.1, -0.05) is 27.7 Å². The lowest BCUT2D eigenvalue weighted by Gasteiger charge is -2.51. The molecule has 1 saturated carbocycles. The number of nitrogens with one attached hydrogen (secondary N) is 1. The monoisotopic (exact) mass is 228 g/mol. The smallest absolute Gasteiger partial charge is 0.0621 e. The minimum Gasteiger partial charge on any atom is -0.392 e. The highest BCUT2D eigenvalue weighted by Gasteiger charge is 2.47. The van der Waals surface area contributed by atoms with E-state index in [0.29, 0.717) is 18.0 Å². The van der Waals surface area contributed by atoms with Crippen LogP contribution in [0.2, 0.25) is 0 Å². The first-order valence-corrected chi connectivity index (χ1v) is 6.34. The van der Waals surface area contributed by atoms with Crippen LogP contribution in [0, 0.1) is 11.3 Å². The van der Waals surface area contributed by atoms with Crippen LogP contribution in [-0.2, 0) is 0 Å². The molecular formula is C13H28N2O. The van der Waals surface area contributed by atoms with E-state index < -0.39 is 0 Å². The third kappa shape index (κ3) is 2.96. The Balaban J connectivity index is 2.50. The second kappa shape index (κ2) is 5.03. The van der Waals surface area contributed by atoms with E-state index in [2.05, 4.69) is 52.0 Å². The zero-order valence-electron chi connectivity index (χ0n) is 11.6. The Morgan fingerprint density at radius 3 is 2.25 bits per heavy atom. The lowest BCUT2D eigenvalue weighted by Crippen LogP contribution is -2.63. The lowest BCUT2D eigenvalue weighted by molar-refractivity contribution is -0.0781. The van der Waals surface area contributed by atoms with Crippen molar-refractivity contribution in [1.29, 1.82) is 0 Å². The van der Waals surface area contributed by atoms with Crippen molar-refractivity contribution >= 4 is 0 Å². The molecule has 3 nitrogen and oxygen atoms in total. The molecule has 0 saturated heterocycles. The van der Waals surface area contributed by atoms with E-state index >= 15 is 0 Å². The van der Waals surface area contributed by atoms with E-state index in [-0.39, 0.29) is 11.5 Å². The summed E-state index contributed by atoms with van der Waals surface area (Å²) in [5.41, 5.74) is 0.0272. The van der Waals surface area contributed by atoms with E-state index in [1.807, 2.05) is 0 Å². The van der Waals surface area contributed by atoms with Crippen LogP contribution in [0.25, 0.3) is 0 Å². The van der Waals surface area contributed by atoms with Crippen LogP contribution in [0.3, 0.4) is 0 Å². The molecule has 0 radical (unpaired) electrons. The van der Waals surface area contributed by atoms with Gasteiger partial charge in [0, 0.05) is 24.0 Å². The average Bonchev–Trinajstić information content (AvgIpc) is 2.15. The van der Waals surface area contributed by atoms with Gasteiger partial charge in [-0.2, -0.15) is 0 Å². The summed E-state index contributed by atoms with van der Waals surface area (Å²) >= 11 is 0. The molecule has 0 heterocycles. The average molecular weight is 228 g/mol. The maximum atomic E-state index is 9.73. The van der Waals surface area contributed by atoms with E-state index in [4.69, 9.17) is 0 Å². The van der Waals surface area contributed by atoms with Gasteiger partial charge in [0.1, 0.15) is 0 Å². The van der Waals surface area contributed by atoms with Gasteiger partial charge in [-0.3, -0.25) is 0 Å². The Bertz CT molecular complexity index is 226. The van der Waals surface area contributed by atoms with E-state index in [0.717, 1.165) is 13.0 Å². The number of hydrogen-bond acceptors (Lipinski definition) is 3. The van der Waals surface area contributed by atoms with Gasteiger partial charge in [0.05, 0.1) is 6.10 Å². The van der Waals surface area contributed by atoms with Gasteiger partial charge >= 0.3 is 0 Å². The Morgan fingerprint density at radius 1 is 1.38 bits per heavy atom. The normalized spacial score (nSPS) is 30.6. The van der Waals surface area contributed by atoms with E-state index in [1.165, 1.54) is 0 Å². The van der Waals surface area contributed by atoms with Crippen LogP contribution in [0.5, 0.6) is 0 Å². The van der Waals surface area contributed by atoms with Gasteiger partial charge in [0.25, 0.3) is 0 Å². The molecule has 0 bridgehead atoms. The zero-order valence-corrected chi connectivity index (χ0v) is 11.6. The summed E-state index contributed by atoms with van der Waals surface area (Å²) in [4.78, 5) is 2.22. The zero-order chi connectivity index (χ0) is 12.5. The van der Waals surface area contributed by atoms with Crippen LogP contribution in [0.15, 0.2) is 0 Å². The third-order valence-electron chi connectivity index (χ3n) is 4.00. The van der Waals surface area contributed by atoms with Crippen LogP contribution in [0.1, 0.15) is 34.1 Å². The highest BCUT2D eigenvalue weighted by atomic mass is 16.3. The summed E-state index contributed by atoms with van der Waals surface area (Å²) in [6.07, 6.45) is 0.751. The van der Waals surface area contributed by atoms with Gasteiger partial charge in [0.2, 0.25) is 0 Å². The minimum atomic E-state index is -0.142. The molecule has 96 valence electrons. The fraction of sp³-hybridized carbons (Fsp3) is 1.00. The predicted octanol–water partition coefficient (Wildman–Crippen LogP) is 1.32. The number of likely N-dealkylation sites (N-methyl/N-ethyl adjacent to an activating group) is 1. The highest BCUT2D eigenvalue weighted by Crippen LogP contribution is 2.40. The Labute approximate surface area is 100 Å². The van der Waals surface area contributed by atoms with Crippen molar-refractivity contribution in [2.75, 3.05) is 20.6 Å². The fourth-order valence-corrected chi connectivity index (χ4v) is 2.29. The molecule has 0 spiro atoms. The first-order valence-electron chi connectivity index (χ1n) is 6.34. The molecule has 1 fully saturated rings. The molecule has 0 aromatic carbocycles. The van der Waals surface area contributed by atoms with Gasteiger partial charge in [0.15, 0.2) is 0 Å². The van der Waals surface area contributed by atoms with Gasteiger partial charge < -0.3 is 15.3 Å². The predicted molar refractivity (Wildman–Crippen MR) is 68.5 cm³/mol. The molecule has 0 amide bonds. The second-order valence-electron chi connectivity index (χ2n) is 6.40. The minimum absolute atomic E-state index is 0.0272. The summed E-state index contributed by atoms with van der Waals surface area (Å²) in [6, 6.07) is 0.960. The molecule has 3 heteroatoms. The van der Waals surface area contributed by atoms with Gasteiger partial charge in [-0.15, -0.1) is 0 Å². The number of nitrogens with zero attached hydrogens (tertiary/aromatic N) is 1. The van der Waals surface area contributed by atoms with Crippen molar-refractivity contribution in [2.24, 2.45) is 11.3 Å². The topological polar surface area (TPSA) is 35.5 Å². The van der Waals surface area contributed by atoms with Crippen molar-refractivity contribution < 1.29 is 5.11 Å². The fourth-order valence-electron chi connectivity index (χ4n) is 2.29. The number of aliphatic hydroxyl groups is 1. The van der Waals surface area contributed by atoms with Crippen LogP contribution >= 0.6 is 0 Å². The number of rotatable bonds is 5. The standard InChI is InChI=1S/C13H28N2O/c1-9(2)10(8-15(5)6)14-11-7-12(16)13(11,3)4/h9-12,14,16H,7-8H2,1-6H3. The molecule has 1 aliphatic rings. The molecule has 0 aromatic heterocycles. The molecule has 0 aliphatic heterocycles. The van der Waals surface area contributed by atoms with Crippen molar-refractivity contribution in [1.82, 2.24) is 10.2 Å². The SMILES string of the molecule is CC(C)C(CN(C)C)NC1CC(O)C1(C)C. The largest absolute Gasteiger partial charge is 0.392 e. The summed E-state index contributed by atoms with van der Waals surface area (Å²) in [5, 5.41) is 13.4. The van der Waals surface area contributed by atoms with Crippen LogP contribution in [-0.4, -0.2) is 48.8 Å². The maximum Gasteiger partial charge on any atom is 0.0621 e. The molecule has 3 unspecified atom stereocenters. The number of hydrogen-bond donors (Lipinski definition) is 2.